The average Bonchev–Trinajstić information content (AvgIpc) is 2.97. The van der Waals surface area contributed by atoms with E-state index in [0.717, 1.165) is 18.5 Å². The molecule has 0 spiro atoms. The van der Waals surface area contributed by atoms with E-state index in [-0.39, 0.29) is 0 Å². The minimum Gasteiger partial charge on any atom is -0.314 e. The first-order valence-corrected chi connectivity index (χ1v) is 8.24. The lowest BCUT2D eigenvalue weighted by atomic mass is 9.89. The predicted octanol–water partition coefficient (Wildman–Crippen LogP) is 3.27. The van der Waals surface area contributed by atoms with Gasteiger partial charge < -0.3 is 5.32 Å². The van der Waals surface area contributed by atoms with Crippen molar-refractivity contribution in [2.45, 2.75) is 52.1 Å². The monoisotopic (exact) mass is 272 g/mol. The van der Waals surface area contributed by atoms with Crippen LogP contribution in [0.2, 0.25) is 0 Å². The van der Waals surface area contributed by atoms with Gasteiger partial charge >= 0.3 is 0 Å². The van der Waals surface area contributed by atoms with Gasteiger partial charge in [0.2, 0.25) is 0 Å². The van der Waals surface area contributed by atoms with Crippen molar-refractivity contribution < 1.29 is 0 Å². The molecule has 0 saturated carbocycles. The van der Waals surface area contributed by atoms with Crippen molar-refractivity contribution in [3.63, 3.8) is 0 Å². The topological polar surface area (TPSA) is 15.3 Å². The van der Waals surface area contributed by atoms with Crippen molar-refractivity contribution in [3.05, 3.63) is 34.9 Å². The molecule has 0 amide bonds. The van der Waals surface area contributed by atoms with Gasteiger partial charge in [0, 0.05) is 19.1 Å². The largest absolute Gasteiger partial charge is 0.314 e. The Kier molecular flexibility index (Phi) is 4.42. The van der Waals surface area contributed by atoms with Crippen LogP contribution < -0.4 is 5.32 Å². The first kappa shape index (κ1) is 14.1. The standard InChI is InChI=1S/C18H28N2/c1-14-7-8-16(11-15(14)2)12-20-10-4-5-17(13-20)18-6-3-9-19-18/h7-8,11,17-19H,3-6,9-10,12-13H2,1-2H3. The van der Waals surface area contributed by atoms with Crippen molar-refractivity contribution >= 4 is 0 Å². The number of benzene rings is 1. The summed E-state index contributed by atoms with van der Waals surface area (Å²) >= 11 is 0. The molecule has 1 aromatic rings. The van der Waals surface area contributed by atoms with Gasteiger partial charge in [0.05, 0.1) is 0 Å². The summed E-state index contributed by atoms with van der Waals surface area (Å²) in [5.41, 5.74) is 4.31. The van der Waals surface area contributed by atoms with E-state index in [1.165, 1.54) is 62.0 Å². The van der Waals surface area contributed by atoms with E-state index in [2.05, 4.69) is 42.3 Å². The Bertz CT molecular complexity index is 449. The first-order valence-electron chi connectivity index (χ1n) is 8.24. The lowest BCUT2D eigenvalue weighted by Gasteiger charge is -2.36. The SMILES string of the molecule is Cc1ccc(CN2CCCC(C3CCCN3)C2)cc1C. The first-order chi connectivity index (χ1) is 9.72. The number of hydrogen-bond acceptors (Lipinski definition) is 2. The van der Waals surface area contributed by atoms with Crippen molar-refractivity contribution in [2.75, 3.05) is 19.6 Å². The molecule has 2 heteroatoms. The molecule has 0 radical (unpaired) electrons. The number of rotatable bonds is 3. The molecule has 1 N–H and O–H groups in total. The molecule has 2 nitrogen and oxygen atoms in total. The number of piperidine rings is 1. The molecule has 0 aliphatic carbocycles. The number of nitrogens with one attached hydrogen (secondary N) is 1. The summed E-state index contributed by atoms with van der Waals surface area (Å²) in [5, 5.41) is 3.70. The predicted molar refractivity (Wildman–Crippen MR) is 84.9 cm³/mol. The zero-order valence-corrected chi connectivity index (χ0v) is 13.0. The van der Waals surface area contributed by atoms with Gasteiger partial charge in [-0.2, -0.15) is 0 Å². The maximum atomic E-state index is 3.70. The molecule has 2 fully saturated rings. The van der Waals surface area contributed by atoms with Crippen molar-refractivity contribution in [1.29, 1.82) is 0 Å². The summed E-state index contributed by atoms with van der Waals surface area (Å²) < 4.78 is 0. The molecule has 110 valence electrons. The highest BCUT2D eigenvalue weighted by Crippen LogP contribution is 2.25. The summed E-state index contributed by atoms with van der Waals surface area (Å²) in [6, 6.07) is 7.73. The molecule has 20 heavy (non-hydrogen) atoms. The van der Waals surface area contributed by atoms with Crippen molar-refractivity contribution in [3.8, 4) is 0 Å². The molecule has 2 unspecified atom stereocenters. The Morgan fingerprint density at radius 1 is 1.15 bits per heavy atom. The Balaban J connectivity index is 1.60. The second kappa shape index (κ2) is 6.28. The molecular formula is C18H28N2. The number of hydrogen-bond donors (Lipinski definition) is 1. The Morgan fingerprint density at radius 3 is 2.80 bits per heavy atom. The van der Waals surface area contributed by atoms with Gasteiger partial charge in [-0.15, -0.1) is 0 Å². The van der Waals surface area contributed by atoms with Crippen LogP contribution in [-0.4, -0.2) is 30.6 Å². The van der Waals surface area contributed by atoms with Gasteiger partial charge in [0.25, 0.3) is 0 Å². The van der Waals surface area contributed by atoms with Crippen LogP contribution in [0.3, 0.4) is 0 Å². The second-order valence-electron chi connectivity index (χ2n) is 6.76. The molecule has 2 aliphatic rings. The summed E-state index contributed by atoms with van der Waals surface area (Å²) in [5.74, 6) is 0.873. The van der Waals surface area contributed by atoms with E-state index in [1.807, 2.05) is 0 Å². The maximum absolute atomic E-state index is 3.70. The number of likely N-dealkylation sites (tertiary alicyclic amines) is 1. The molecule has 2 saturated heterocycles. The van der Waals surface area contributed by atoms with Crippen LogP contribution >= 0.6 is 0 Å². The van der Waals surface area contributed by atoms with Gasteiger partial charge in [-0.25, -0.2) is 0 Å². The Morgan fingerprint density at radius 2 is 2.05 bits per heavy atom. The van der Waals surface area contributed by atoms with E-state index in [0.29, 0.717) is 0 Å². The van der Waals surface area contributed by atoms with Crippen LogP contribution in [0.25, 0.3) is 0 Å². The zero-order chi connectivity index (χ0) is 13.9. The third kappa shape index (κ3) is 3.24. The zero-order valence-electron chi connectivity index (χ0n) is 13.0. The van der Waals surface area contributed by atoms with Crippen LogP contribution in [0.4, 0.5) is 0 Å². The average molecular weight is 272 g/mol. The second-order valence-corrected chi connectivity index (χ2v) is 6.76. The molecule has 0 aromatic heterocycles. The molecular weight excluding hydrogens is 244 g/mol. The fourth-order valence-corrected chi connectivity index (χ4v) is 3.84. The van der Waals surface area contributed by atoms with Crippen molar-refractivity contribution in [2.24, 2.45) is 5.92 Å². The molecule has 2 heterocycles. The highest BCUT2D eigenvalue weighted by atomic mass is 15.1. The molecule has 3 rings (SSSR count). The van der Waals surface area contributed by atoms with Crippen LogP contribution in [0.5, 0.6) is 0 Å². The Labute approximate surface area is 123 Å². The summed E-state index contributed by atoms with van der Waals surface area (Å²) in [7, 11) is 0. The Hall–Kier alpha value is -0.860. The number of aryl methyl sites for hydroxylation is 2. The van der Waals surface area contributed by atoms with Crippen LogP contribution in [0.1, 0.15) is 42.4 Å². The smallest absolute Gasteiger partial charge is 0.0233 e. The minimum absolute atomic E-state index is 0.789. The van der Waals surface area contributed by atoms with E-state index in [1.54, 1.807) is 0 Å². The quantitative estimate of drug-likeness (QED) is 0.908. The van der Waals surface area contributed by atoms with Gasteiger partial charge in [-0.3, -0.25) is 4.90 Å². The normalized spacial score (nSPS) is 27.9. The summed E-state index contributed by atoms with van der Waals surface area (Å²) in [4.78, 5) is 2.66. The molecule has 1 aromatic carbocycles. The highest BCUT2D eigenvalue weighted by Gasteiger charge is 2.28. The fourth-order valence-electron chi connectivity index (χ4n) is 3.84. The van der Waals surface area contributed by atoms with Gasteiger partial charge in [-0.05, 0) is 75.2 Å². The summed E-state index contributed by atoms with van der Waals surface area (Å²) in [6.45, 7) is 9.34. The van der Waals surface area contributed by atoms with E-state index >= 15 is 0 Å². The lowest BCUT2D eigenvalue weighted by Crippen LogP contribution is -2.43. The molecule has 2 aliphatic heterocycles. The van der Waals surface area contributed by atoms with Crippen LogP contribution in [-0.2, 0) is 6.54 Å². The summed E-state index contributed by atoms with van der Waals surface area (Å²) in [6.07, 6.45) is 5.55. The van der Waals surface area contributed by atoms with Gasteiger partial charge in [0.15, 0.2) is 0 Å². The van der Waals surface area contributed by atoms with E-state index in [4.69, 9.17) is 0 Å². The van der Waals surface area contributed by atoms with Crippen LogP contribution in [0.15, 0.2) is 18.2 Å². The maximum Gasteiger partial charge on any atom is 0.0233 e. The fraction of sp³-hybridized carbons (Fsp3) is 0.667. The third-order valence-electron chi connectivity index (χ3n) is 5.19. The highest BCUT2D eigenvalue weighted by molar-refractivity contribution is 5.29. The third-order valence-corrected chi connectivity index (χ3v) is 5.19. The minimum atomic E-state index is 0.789. The lowest BCUT2D eigenvalue weighted by molar-refractivity contribution is 0.145. The van der Waals surface area contributed by atoms with Gasteiger partial charge in [-0.1, -0.05) is 18.2 Å². The molecule has 0 bridgehead atoms. The van der Waals surface area contributed by atoms with Crippen molar-refractivity contribution in [1.82, 2.24) is 10.2 Å². The molecule has 2 atom stereocenters. The van der Waals surface area contributed by atoms with Gasteiger partial charge in [0.1, 0.15) is 0 Å². The number of nitrogens with zero attached hydrogens (tertiary/aromatic N) is 1. The van der Waals surface area contributed by atoms with Crippen LogP contribution in [0, 0.1) is 19.8 Å². The van der Waals surface area contributed by atoms with E-state index in [9.17, 15) is 0 Å². The van der Waals surface area contributed by atoms with E-state index < -0.39 is 0 Å².